The number of aromatic nitrogens is 1. The van der Waals surface area contributed by atoms with Crippen molar-refractivity contribution < 1.29 is 4.39 Å². The van der Waals surface area contributed by atoms with E-state index in [4.69, 9.17) is 0 Å². The van der Waals surface area contributed by atoms with Crippen molar-refractivity contribution in [2.75, 3.05) is 46.3 Å². The van der Waals surface area contributed by atoms with Gasteiger partial charge in [0.05, 0.1) is 17.9 Å². The number of nitrogens with one attached hydrogen (secondary N) is 1. The second-order valence-electron chi connectivity index (χ2n) is 5.40. The van der Waals surface area contributed by atoms with Crippen LogP contribution >= 0.6 is 0 Å². The smallest absolute Gasteiger partial charge is 0.141 e. The maximum Gasteiger partial charge on any atom is 0.141 e. The third-order valence-corrected chi connectivity index (χ3v) is 3.99. The molecule has 1 atom stereocenters. The van der Waals surface area contributed by atoms with Gasteiger partial charge in [-0.1, -0.05) is 6.92 Å². The van der Waals surface area contributed by atoms with Gasteiger partial charge in [-0.05, 0) is 25.6 Å². The standard InChI is InChI=1S/C15H25FN4/c1-3-15(14-5-4-13(16)12-18-14)19(2)10-11-20-8-6-17-7-9-20/h4-5,12,15,17H,3,6-11H2,1-2H3. The van der Waals surface area contributed by atoms with E-state index in [1.54, 1.807) is 6.07 Å². The number of rotatable bonds is 6. The molecule has 1 aliphatic rings. The number of nitrogens with zero attached hydrogens (tertiary/aromatic N) is 3. The predicted octanol–water partition coefficient (Wildman–Crippen LogP) is 1.51. The van der Waals surface area contributed by atoms with Crippen LogP contribution in [0.2, 0.25) is 0 Å². The van der Waals surface area contributed by atoms with E-state index in [9.17, 15) is 4.39 Å². The Morgan fingerprint density at radius 1 is 1.40 bits per heavy atom. The van der Waals surface area contributed by atoms with Crippen molar-refractivity contribution in [2.24, 2.45) is 0 Å². The molecule has 112 valence electrons. The van der Waals surface area contributed by atoms with Crippen molar-refractivity contribution in [1.82, 2.24) is 20.1 Å². The van der Waals surface area contributed by atoms with Gasteiger partial charge >= 0.3 is 0 Å². The molecule has 0 bridgehead atoms. The van der Waals surface area contributed by atoms with Crippen molar-refractivity contribution in [1.29, 1.82) is 0 Å². The van der Waals surface area contributed by atoms with Crippen LogP contribution in [0.3, 0.4) is 0 Å². The number of pyridine rings is 1. The Hall–Kier alpha value is -1.04. The first-order valence-corrected chi connectivity index (χ1v) is 7.45. The zero-order chi connectivity index (χ0) is 14.4. The van der Waals surface area contributed by atoms with Gasteiger partial charge in [0.1, 0.15) is 5.82 Å². The van der Waals surface area contributed by atoms with E-state index in [0.717, 1.165) is 51.4 Å². The highest BCUT2D eigenvalue weighted by atomic mass is 19.1. The van der Waals surface area contributed by atoms with Gasteiger partial charge in [-0.15, -0.1) is 0 Å². The predicted molar refractivity (Wildman–Crippen MR) is 79.2 cm³/mol. The van der Waals surface area contributed by atoms with Gasteiger partial charge in [0, 0.05) is 39.3 Å². The van der Waals surface area contributed by atoms with Crippen LogP contribution in [0.4, 0.5) is 4.39 Å². The lowest BCUT2D eigenvalue weighted by molar-refractivity contribution is 0.172. The average molecular weight is 280 g/mol. The molecule has 20 heavy (non-hydrogen) atoms. The monoisotopic (exact) mass is 280 g/mol. The van der Waals surface area contributed by atoms with Crippen LogP contribution in [0.5, 0.6) is 0 Å². The van der Waals surface area contributed by atoms with E-state index in [1.165, 1.54) is 12.3 Å². The van der Waals surface area contributed by atoms with Gasteiger partial charge in [-0.2, -0.15) is 0 Å². The van der Waals surface area contributed by atoms with Crippen LogP contribution in [0, 0.1) is 5.82 Å². The van der Waals surface area contributed by atoms with Crippen molar-refractivity contribution in [3.8, 4) is 0 Å². The van der Waals surface area contributed by atoms with Crippen LogP contribution in [-0.4, -0.2) is 61.1 Å². The molecule has 0 aromatic carbocycles. The molecule has 1 aromatic rings. The van der Waals surface area contributed by atoms with E-state index in [0.29, 0.717) is 0 Å². The summed E-state index contributed by atoms with van der Waals surface area (Å²) in [5, 5.41) is 3.37. The molecule has 0 spiro atoms. The topological polar surface area (TPSA) is 31.4 Å². The summed E-state index contributed by atoms with van der Waals surface area (Å²) in [5.41, 5.74) is 0.955. The van der Waals surface area contributed by atoms with Crippen molar-refractivity contribution >= 4 is 0 Å². The van der Waals surface area contributed by atoms with E-state index in [2.05, 4.69) is 34.1 Å². The lowest BCUT2D eigenvalue weighted by Crippen LogP contribution is -2.46. The van der Waals surface area contributed by atoms with Crippen molar-refractivity contribution in [3.63, 3.8) is 0 Å². The molecular weight excluding hydrogens is 255 g/mol. The molecule has 1 aliphatic heterocycles. The van der Waals surface area contributed by atoms with Gasteiger partial charge in [0.25, 0.3) is 0 Å². The molecule has 1 N–H and O–H groups in total. The fraction of sp³-hybridized carbons (Fsp3) is 0.667. The van der Waals surface area contributed by atoms with Crippen LogP contribution in [-0.2, 0) is 0 Å². The highest BCUT2D eigenvalue weighted by Gasteiger charge is 2.18. The fourth-order valence-electron chi connectivity index (χ4n) is 2.72. The molecule has 1 aromatic heterocycles. The lowest BCUT2D eigenvalue weighted by Gasteiger charge is -2.32. The summed E-state index contributed by atoms with van der Waals surface area (Å²) in [6.07, 6.45) is 2.29. The SMILES string of the molecule is CCC(c1ccc(F)cn1)N(C)CCN1CCNCC1. The second kappa shape index (κ2) is 7.67. The quantitative estimate of drug-likeness (QED) is 0.856. The summed E-state index contributed by atoms with van der Waals surface area (Å²) < 4.78 is 13.0. The Balaban J connectivity index is 1.87. The Kier molecular flexibility index (Phi) is 5.88. The van der Waals surface area contributed by atoms with Gasteiger partial charge in [0.15, 0.2) is 0 Å². The largest absolute Gasteiger partial charge is 0.314 e. The molecule has 0 aliphatic carbocycles. The van der Waals surface area contributed by atoms with Crippen LogP contribution in [0.25, 0.3) is 0 Å². The van der Waals surface area contributed by atoms with Gasteiger partial charge in [-0.25, -0.2) is 4.39 Å². The average Bonchev–Trinajstić information content (AvgIpc) is 2.49. The molecule has 0 amide bonds. The Labute approximate surface area is 121 Å². The first-order valence-electron chi connectivity index (χ1n) is 7.45. The van der Waals surface area contributed by atoms with Gasteiger partial charge in [-0.3, -0.25) is 14.8 Å². The number of hydrogen-bond donors (Lipinski definition) is 1. The minimum absolute atomic E-state index is 0.263. The first-order chi connectivity index (χ1) is 9.70. The minimum atomic E-state index is -0.271. The van der Waals surface area contributed by atoms with E-state index in [-0.39, 0.29) is 11.9 Å². The molecule has 0 radical (unpaired) electrons. The zero-order valence-electron chi connectivity index (χ0n) is 12.5. The normalized spacial score (nSPS) is 18.4. The molecule has 5 heteroatoms. The number of likely N-dealkylation sites (N-methyl/N-ethyl adjacent to an activating group) is 1. The maximum atomic E-state index is 13.0. The number of piperazine rings is 1. The van der Waals surface area contributed by atoms with E-state index in [1.807, 2.05) is 0 Å². The zero-order valence-corrected chi connectivity index (χ0v) is 12.5. The third kappa shape index (κ3) is 4.23. The van der Waals surface area contributed by atoms with Crippen molar-refractivity contribution in [2.45, 2.75) is 19.4 Å². The van der Waals surface area contributed by atoms with E-state index >= 15 is 0 Å². The molecule has 1 saturated heterocycles. The van der Waals surface area contributed by atoms with Crippen LogP contribution < -0.4 is 5.32 Å². The number of hydrogen-bond acceptors (Lipinski definition) is 4. The number of halogens is 1. The summed E-state index contributed by atoms with van der Waals surface area (Å²) in [7, 11) is 2.13. The second-order valence-corrected chi connectivity index (χ2v) is 5.40. The summed E-state index contributed by atoms with van der Waals surface area (Å²) in [4.78, 5) is 9.03. The van der Waals surface area contributed by atoms with Crippen LogP contribution in [0.1, 0.15) is 25.1 Å². The minimum Gasteiger partial charge on any atom is -0.314 e. The lowest BCUT2D eigenvalue weighted by atomic mass is 10.1. The molecule has 4 nitrogen and oxygen atoms in total. The molecule has 2 rings (SSSR count). The first kappa shape index (κ1) is 15.4. The Morgan fingerprint density at radius 2 is 2.15 bits per heavy atom. The summed E-state index contributed by atoms with van der Waals surface area (Å²) in [6.45, 7) is 8.66. The highest BCUT2D eigenvalue weighted by molar-refractivity contribution is 5.09. The van der Waals surface area contributed by atoms with Crippen LogP contribution in [0.15, 0.2) is 18.3 Å². The fourth-order valence-corrected chi connectivity index (χ4v) is 2.72. The molecule has 0 saturated carbocycles. The third-order valence-electron chi connectivity index (χ3n) is 3.99. The van der Waals surface area contributed by atoms with E-state index < -0.39 is 0 Å². The van der Waals surface area contributed by atoms with Gasteiger partial charge < -0.3 is 5.32 Å². The molecular formula is C15H25FN4. The summed E-state index contributed by atoms with van der Waals surface area (Å²) >= 11 is 0. The highest BCUT2D eigenvalue weighted by Crippen LogP contribution is 2.20. The molecule has 1 fully saturated rings. The Morgan fingerprint density at radius 3 is 2.75 bits per heavy atom. The van der Waals surface area contributed by atoms with Gasteiger partial charge in [0.2, 0.25) is 0 Å². The summed E-state index contributed by atoms with van der Waals surface area (Å²) in [6, 6.07) is 3.55. The summed E-state index contributed by atoms with van der Waals surface area (Å²) in [5.74, 6) is -0.271. The molecule has 1 unspecified atom stereocenters. The maximum absolute atomic E-state index is 13.0. The molecule has 2 heterocycles. The van der Waals surface area contributed by atoms with Crippen molar-refractivity contribution in [3.05, 3.63) is 29.8 Å². The Bertz CT molecular complexity index is 389.